The zero-order chi connectivity index (χ0) is 26.3. The van der Waals surface area contributed by atoms with Gasteiger partial charge in [-0.1, -0.05) is 24.3 Å². The Morgan fingerprint density at radius 1 is 1.18 bits per heavy atom. The predicted molar refractivity (Wildman–Crippen MR) is 156 cm³/mol. The van der Waals surface area contributed by atoms with Gasteiger partial charge in [0.1, 0.15) is 30.1 Å². The third kappa shape index (κ3) is 5.98. The first kappa shape index (κ1) is 25.7. The van der Waals surface area contributed by atoms with E-state index in [2.05, 4.69) is 48.5 Å². The van der Waals surface area contributed by atoms with Crippen molar-refractivity contribution in [3.63, 3.8) is 0 Å². The van der Waals surface area contributed by atoms with Crippen molar-refractivity contribution in [3.8, 4) is 17.1 Å². The van der Waals surface area contributed by atoms with E-state index in [-0.39, 0.29) is 0 Å². The van der Waals surface area contributed by atoms with Gasteiger partial charge < -0.3 is 15.8 Å². The van der Waals surface area contributed by atoms with Crippen molar-refractivity contribution in [2.75, 3.05) is 44.9 Å². The Kier molecular flexibility index (Phi) is 8.20. The number of benzene rings is 1. The van der Waals surface area contributed by atoms with Crippen LogP contribution in [-0.4, -0.2) is 75.3 Å². The maximum Gasteiger partial charge on any atom is 0.140 e. The van der Waals surface area contributed by atoms with E-state index in [1.54, 1.807) is 25.8 Å². The number of aliphatic imine (C=N–C) groups is 1. The number of imidazole rings is 1. The second-order valence-corrected chi connectivity index (χ2v) is 10.2. The number of hydrogen-bond acceptors (Lipinski definition) is 9. The van der Waals surface area contributed by atoms with Gasteiger partial charge in [-0.3, -0.25) is 14.3 Å². The van der Waals surface area contributed by atoms with Crippen LogP contribution in [0, 0.1) is 0 Å². The lowest BCUT2D eigenvalue weighted by molar-refractivity contribution is 0.154. The summed E-state index contributed by atoms with van der Waals surface area (Å²) in [5, 5.41) is 4.16. The maximum atomic E-state index is 5.98. The monoisotopic (exact) mass is 528 g/mol. The summed E-state index contributed by atoms with van der Waals surface area (Å²) in [7, 11) is 1.73. The summed E-state index contributed by atoms with van der Waals surface area (Å²) in [5.74, 6) is 1.56. The molecule has 3 N–H and O–H groups in total. The van der Waals surface area contributed by atoms with Crippen LogP contribution in [-0.2, 0) is 6.54 Å². The zero-order valence-electron chi connectivity index (χ0n) is 21.6. The summed E-state index contributed by atoms with van der Waals surface area (Å²) >= 11 is 1.94. The quantitative estimate of drug-likeness (QED) is 0.283. The van der Waals surface area contributed by atoms with Gasteiger partial charge in [0.15, 0.2) is 0 Å². The Morgan fingerprint density at radius 3 is 2.79 bits per heavy atom. The number of pyridine rings is 1. The van der Waals surface area contributed by atoms with Gasteiger partial charge in [-0.05, 0) is 23.4 Å². The summed E-state index contributed by atoms with van der Waals surface area (Å²) in [4.78, 5) is 19.9. The van der Waals surface area contributed by atoms with Gasteiger partial charge in [-0.25, -0.2) is 15.0 Å². The normalized spacial score (nSPS) is 14.7. The third-order valence-corrected chi connectivity index (χ3v) is 7.52. The van der Waals surface area contributed by atoms with Crippen molar-refractivity contribution < 1.29 is 4.74 Å². The molecule has 4 heterocycles. The van der Waals surface area contributed by atoms with Gasteiger partial charge in [0.25, 0.3) is 0 Å². The molecule has 1 aliphatic heterocycles. The van der Waals surface area contributed by atoms with E-state index in [1.807, 2.05) is 58.9 Å². The lowest BCUT2D eigenvalue weighted by atomic mass is 10.1. The molecule has 0 amide bonds. The number of allylic oxidation sites excluding steroid dienone is 1. The minimum Gasteiger partial charge on any atom is -0.492 e. The first-order valence-corrected chi connectivity index (χ1v) is 13.8. The van der Waals surface area contributed by atoms with Crippen molar-refractivity contribution in [3.05, 3.63) is 78.5 Å². The minimum absolute atomic E-state index is 0.628. The number of anilines is 1. The lowest BCUT2D eigenvalue weighted by Gasteiger charge is -2.37. The molecule has 0 radical (unpaired) electrons. The van der Waals surface area contributed by atoms with E-state index in [0.29, 0.717) is 13.2 Å². The van der Waals surface area contributed by atoms with Crippen LogP contribution in [0.1, 0.15) is 11.1 Å². The molecule has 0 atom stereocenters. The summed E-state index contributed by atoms with van der Waals surface area (Å²) in [5.41, 5.74) is 11.2. The fourth-order valence-corrected chi connectivity index (χ4v) is 5.06. The predicted octanol–water partition coefficient (Wildman–Crippen LogP) is 3.83. The van der Waals surface area contributed by atoms with Crippen LogP contribution in [0.3, 0.4) is 0 Å². The summed E-state index contributed by atoms with van der Waals surface area (Å²) in [6.07, 6.45) is 10.9. The molecule has 0 unspecified atom stereocenters. The molecule has 196 valence electrons. The largest absolute Gasteiger partial charge is 0.492 e. The molecule has 9 nitrogen and oxygen atoms in total. The Labute approximate surface area is 226 Å². The molecule has 0 aliphatic carbocycles. The van der Waals surface area contributed by atoms with Crippen molar-refractivity contribution in [1.29, 1.82) is 0 Å². The highest BCUT2D eigenvalue weighted by molar-refractivity contribution is 7.99. The second-order valence-electron chi connectivity index (χ2n) is 9.05. The van der Waals surface area contributed by atoms with Gasteiger partial charge >= 0.3 is 0 Å². The second kappa shape index (κ2) is 12.1. The lowest BCUT2D eigenvalue weighted by Crippen LogP contribution is -2.50. The average molecular weight is 529 g/mol. The minimum atomic E-state index is 0.628. The van der Waals surface area contributed by atoms with Crippen molar-refractivity contribution >= 4 is 35.0 Å². The molecule has 5 rings (SSSR count). The number of nitrogens with two attached hydrogens (primary N) is 1. The number of nitrogens with zero attached hydrogens (tertiary/aromatic N) is 6. The number of fused-ring (bicyclic) bond motifs is 1. The number of nitrogens with one attached hydrogen (secondary N) is 1. The van der Waals surface area contributed by atoms with E-state index in [0.717, 1.165) is 70.2 Å². The highest BCUT2D eigenvalue weighted by Gasteiger charge is 2.25. The molecule has 1 fully saturated rings. The van der Waals surface area contributed by atoms with E-state index in [4.69, 9.17) is 10.5 Å². The Bertz CT molecular complexity index is 1430. The number of rotatable bonds is 11. The highest BCUT2D eigenvalue weighted by atomic mass is 32.2. The van der Waals surface area contributed by atoms with Crippen LogP contribution in [0.2, 0.25) is 0 Å². The zero-order valence-corrected chi connectivity index (χ0v) is 22.4. The molecular formula is C28H32N8OS. The maximum absolute atomic E-state index is 5.98. The molecular weight excluding hydrogens is 496 g/mol. The van der Waals surface area contributed by atoms with Crippen molar-refractivity contribution in [2.45, 2.75) is 11.8 Å². The van der Waals surface area contributed by atoms with E-state index < -0.39 is 0 Å². The number of hydrogen-bond donors (Lipinski definition) is 2. The molecule has 0 saturated carbocycles. The Hall–Kier alpha value is -3.89. The number of thioether (sulfide) groups is 1. The van der Waals surface area contributed by atoms with Gasteiger partial charge in [0.05, 0.1) is 17.6 Å². The smallest absolute Gasteiger partial charge is 0.140 e. The summed E-state index contributed by atoms with van der Waals surface area (Å²) in [6, 6.07) is 14.1. The first-order valence-electron chi connectivity index (χ1n) is 12.5. The first-order chi connectivity index (χ1) is 18.7. The topological polar surface area (TPSA) is 106 Å². The molecule has 3 aromatic heterocycles. The average Bonchev–Trinajstić information content (AvgIpc) is 3.36. The fraction of sp³-hybridized carbons (Fsp3) is 0.286. The third-order valence-electron chi connectivity index (χ3n) is 6.56. The molecule has 38 heavy (non-hydrogen) atoms. The number of ether oxygens (including phenoxy) is 1. The highest BCUT2D eigenvalue weighted by Crippen LogP contribution is 2.24. The van der Waals surface area contributed by atoms with E-state index >= 15 is 0 Å². The van der Waals surface area contributed by atoms with Gasteiger partial charge in [-0.15, -0.1) is 0 Å². The number of likely N-dealkylation sites (tertiary alicyclic amines) is 1. The molecule has 1 saturated heterocycles. The van der Waals surface area contributed by atoms with Crippen molar-refractivity contribution in [1.82, 2.24) is 24.3 Å². The fourth-order valence-electron chi connectivity index (χ4n) is 4.34. The number of aromatic nitrogens is 4. The Morgan fingerprint density at radius 2 is 2.03 bits per heavy atom. The van der Waals surface area contributed by atoms with Crippen LogP contribution >= 0.6 is 11.8 Å². The summed E-state index contributed by atoms with van der Waals surface area (Å²) in [6.45, 7) is 4.55. The van der Waals surface area contributed by atoms with E-state index in [9.17, 15) is 0 Å². The van der Waals surface area contributed by atoms with Gasteiger partial charge in [-0.2, -0.15) is 11.8 Å². The molecule has 4 aromatic rings. The van der Waals surface area contributed by atoms with Crippen LogP contribution in [0.15, 0.2) is 72.4 Å². The van der Waals surface area contributed by atoms with Crippen LogP contribution < -0.4 is 15.8 Å². The SMILES string of the molecule is CN=CC(=CN)c1ccc(CNc2cc(-c3cnc4cc(OCCN5CC(SC)C5)ccn34)ncn2)cc1. The van der Waals surface area contributed by atoms with Crippen LogP contribution in [0.25, 0.3) is 22.6 Å². The van der Waals surface area contributed by atoms with E-state index in [1.165, 1.54) is 0 Å². The van der Waals surface area contributed by atoms with Crippen LogP contribution in [0.5, 0.6) is 5.75 Å². The van der Waals surface area contributed by atoms with Gasteiger partial charge in [0, 0.05) is 74.8 Å². The summed E-state index contributed by atoms with van der Waals surface area (Å²) < 4.78 is 8.00. The molecule has 10 heteroatoms. The molecule has 0 spiro atoms. The molecule has 1 aliphatic rings. The van der Waals surface area contributed by atoms with Crippen LogP contribution in [0.4, 0.5) is 5.82 Å². The van der Waals surface area contributed by atoms with Gasteiger partial charge in [0.2, 0.25) is 0 Å². The molecule has 0 bridgehead atoms. The molecule has 1 aromatic carbocycles. The standard InChI is InChI=1S/C28H32N8OS/c1-30-15-22(13-29)21-5-3-20(4-6-21)14-31-27-12-25(33-19-34-27)26-16-32-28-11-23(7-8-36(26)28)37-10-9-35-17-24(18-35)38-2/h3-8,11-13,15-16,19,24H,9-10,14,17-18,29H2,1-2H3,(H,31,33,34). The Balaban J connectivity index is 1.20. The van der Waals surface area contributed by atoms with Crippen molar-refractivity contribution in [2.24, 2.45) is 10.7 Å².